The van der Waals surface area contributed by atoms with Gasteiger partial charge < -0.3 is 11.1 Å². The molecule has 0 aliphatic heterocycles. The minimum Gasteiger partial charge on any atom is -0.398 e. The van der Waals surface area contributed by atoms with Crippen LogP contribution in [0.25, 0.3) is 0 Å². The van der Waals surface area contributed by atoms with Gasteiger partial charge in [-0.2, -0.15) is 5.26 Å². The Bertz CT molecular complexity index is 671. The Hall–Kier alpha value is -2.80. The minimum absolute atomic E-state index is 0.285. The van der Waals surface area contributed by atoms with Crippen molar-refractivity contribution in [3.8, 4) is 6.07 Å². The second-order valence-corrected chi connectivity index (χ2v) is 4.24. The summed E-state index contributed by atoms with van der Waals surface area (Å²) in [7, 11) is 0. The Morgan fingerprint density at radius 1 is 1.26 bits per heavy atom. The molecule has 4 nitrogen and oxygen atoms in total. The molecule has 0 atom stereocenters. The van der Waals surface area contributed by atoms with Crippen LogP contribution in [0.5, 0.6) is 0 Å². The third-order valence-electron chi connectivity index (χ3n) is 2.70. The number of hydrogen-bond donors (Lipinski definition) is 2. The van der Waals surface area contributed by atoms with Gasteiger partial charge in [-0.15, -0.1) is 0 Å². The number of nitrogens with one attached hydrogen (secondary N) is 1. The SMILES string of the molecule is Cc1ccc(C(=O)Nc2cccc(C#N)c2)c(N)c1. The van der Waals surface area contributed by atoms with Gasteiger partial charge in [-0.1, -0.05) is 12.1 Å². The van der Waals surface area contributed by atoms with E-state index in [0.717, 1.165) is 5.56 Å². The molecule has 0 unspecified atom stereocenters. The van der Waals surface area contributed by atoms with Crippen molar-refractivity contribution in [2.45, 2.75) is 6.92 Å². The number of nitriles is 1. The number of carbonyl (C=O) groups excluding carboxylic acids is 1. The molecule has 4 heteroatoms. The molecule has 2 rings (SSSR count). The lowest BCUT2D eigenvalue weighted by Gasteiger charge is -2.08. The van der Waals surface area contributed by atoms with Gasteiger partial charge in [0.05, 0.1) is 17.2 Å². The summed E-state index contributed by atoms with van der Waals surface area (Å²) in [4.78, 5) is 12.1. The molecule has 0 aliphatic rings. The molecule has 94 valence electrons. The molecule has 0 saturated carbocycles. The van der Waals surface area contributed by atoms with Crippen LogP contribution in [-0.2, 0) is 0 Å². The highest BCUT2D eigenvalue weighted by atomic mass is 16.1. The van der Waals surface area contributed by atoms with E-state index in [1.807, 2.05) is 19.1 Å². The number of nitrogen functional groups attached to an aromatic ring is 1. The number of rotatable bonds is 2. The third kappa shape index (κ3) is 2.90. The average Bonchev–Trinajstić information content (AvgIpc) is 2.38. The Kier molecular flexibility index (Phi) is 3.48. The molecule has 2 aromatic rings. The number of hydrogen-bond acceptors (Lipinski definition) is 3. The molecule has 0 fully saturated rings. The van der Waals surface area contributed by atoms with Crippen LogP contribution in [0.15, 0.2) is 42.5 Å². The molecule has 19 heavy (non-hydrogen) atoms. The molecule has 2 aromatic carbocycles. The minimum atomic E-state index is -0.285. The first-order valence-corrected chi connectivity index (χ1v) is 5.78. The van der Waals surface area contributed by atoms with Crippen LogP contribution in [0.3, 0.4) is 0 Å². The molecule has 0 spiro atoms. The summed E-state index contributed by atoms with van der Waals surface area (Å²) < 4.78 is 0. The molecule has 0 bridgehead atoms. The molecule has 1 amide bonds. The zero-order valence-corrected chi connectivity index (χ0v) is 10.5. The van der Waals surface area contributed by atoms with Crippen LogP contribution < -0.4 is 11.1 Å². The van der Waals surface area contributed by atoms with Gasteiger partial charge in [0.1, 0.15) is 0 Å². The van der Waals surface area contributed by atoms with E-state index in [2.05, 4.69) is 5.32 Å². The second kappa shape index (κ2) is 5.23. The molecule has 0 radical (unpaired) electrons. The summed E-state index contributed by atoms with van der Waals surface area (Å²) in [6, 6.07) is 14.0. The first-order valence-electron chi connectivity index (χ1n) is 5.78. The predicted molar refractivity (Wildman–Crippen MR) is 74.7 cm³/mol. The van der Waals surface area contributed by atoms with Gasteiger partial charge in [0, 0.05) is 11.4 Å². The van der Waals surface area contributed by atoms with E-state index in [0.29, 0.717) is 22.5 Å². The van der Waals surface area contributed by atoms with Gasteiger partial charge in [0.25, 0.3) is 5.91 Å². The molecular weight excluding hydrogens is 238 g/mol. The van der Waals surface area contributed by atoms with Gasteiger partial charge in [-0.3, -0.25) is 4.79 Å². The highest BCUT2D eigenvalue weighted by molar-refractivity contribution is 6.07. The van der Waals surface area contributed by atoms with E-state index >= 15 is 0 Å². The maximum Gasteiger partial charge on any atom is 0.257 e. The van der Waals surface area contributed by atoms with Crippen LogP contribution in [0, 0.1) is 18.3 Å². The summed E-state index contributed by atoms with van der Waals surface area (Å²) in [5.74, 6) is -0.285. The number of benzene rings is 2. The lowest BCUT2D eigenvalue weighted by atomic mass is 10.1. The molecular formula is C15H13N3O. The summed E-state index contributed by atoms with van der Waals surface area (Å²) >= 11 is 0. The molecule has 0 heterocycles. The monoisotopic (exact) mass is 251 g/mol. The number of amides is 1. The first-order chi connectivity index (χ1) is 9.10. The second-order valence-electron chi connectivity index (χ2n) is 4.24. The smallest absolute Gasteiger partial charge is 0.257 e. The summed E-state index contributed by atoms with van der Waals surface area (Å²) in [6.07, 6.45) is 0. The van der Waals surface area contributed by atoms with Crippen molar-refractivity contribution in [2.24, 2.45) is 0 Å². The third-order valence-corrected chi connectivity index (χ3v) is 2.70. The Labute approximate surface area is 111 Å². The maximum atomic E-state index is 12.1. The van der Waals surface area contributed by atoms with Crippen LogP contribution >= 0.6 is 0 Å². The van der Waals surface area contributed by atoms with Crippen molar-refractivity contribution in [1.82, 2.24) is 0 Å². The van der Waals surface area contributed by atoms with Gasteiger partial charge in [0.15, 0.2) is 0 Å². The Morgan fingerprint density at radius 2 is 2.05 bits per heavy atom. The number of anilines is 2. The predicted octanol–water partition coefficient (Wildman–Crippen LogP) is 2.70. The highest BCUT2D eigenvalue weighted by Crippen LogP contribution is 2.17. The number of aryl methyl sites for hydroxylation is 1. The molecule has 0 saturated heterocycles. The summed E-state index contributed by atoms with van der Waals surface area (Å²) in [5.41, 5.74) is 8.75. The lowest BCUT2D eigenvalue weighted by molar-refractivity contribution is 0.102. The fourth-order valence-corrected chi connectivity index (χ4v) is 1.75. The topological polar surface area (TPSA) is 78.9 Å². The number of nitrogens with two attached hydrogens (primary N) is 1. The van der Waals surface area contributed by atoms with Crippen molar-refractivity contribution >= 4 is 17.3 Å². The van der Waals surface area contributed by atoms with Crippen molar-refractivity contribution < 1.29 is 4.79 Å². The molecule has 3 N–H and O–H groups in total. The quantitative estimate of drug-likeness (QED) is 0.805. The maximum absolute atomic E-state index is 12.1. The van der Waals surface area contributed by atoms with Gasteiger partial charge in [-0.25, -0.2) is 0 Å². The average molecular weight is 251 g/mol. The lowest BCUT2D eigenvalue weighted by Crippen LogP contribution is -2.14. The Balaban J connectivity index is 2.23. The van der Waals surface area contributed by atoms with E-state index in [-0.39, 0.29) is 5.91 Å². The Morgan fingerprint density at radius 3 is 2.74 bits per heavy atom. The number of nitrogens with zero attached hydrogens (tertiary/aromatic N) is 1. The normalized spacial score (nSPS) is 9.68. The van der Waals surface area contributed by atoms with E-state index in [4.69, 9.17) is 11.0 Å². The summed E-state index contributed by atoms with van der Waals surface area (Å²) in [6.45, 7) is 1.91. The molecule has 0 aliphatic carbocycles. The first kappa shape index (κ1) is 12.7. The van der Waals surface area contributed by atoms with Gasteiger partial charge in [-0.05, 0) is 42.8 Å². The van der Waals surface area contributed by atoms with Gasteiger partial charge in [0.2, 0.25) is 0 Å². The molecule has 0 aromatic heterocycles. The van der Waals surface area contributed by atoms with Crippen LogP contribution in [-0.4, -0.2) is 5.91 Å². The fourth-order valence-electron chi connectivity index (χ4n) is 1.75. The van der Waals surface area contributed by atoms with Crippen molar-refractivity contribution in [3.63, 3.8) is 0 Å². The summed E-state index contributed by atoms with van der Waals surface area (Å²) in [5, 5.41) is 11.5. The van der Waals surface area contributed by atoms with E-state index in [1.165, 1.54) is 0 Å². The highest BCUT2D eigenvalue weighted by Gasteiger charge is 2.10. The van der Waals surface area contributed by atoms with Gasteiger partial charge >= 0.3 is 0 Å². The van der Waals surface area contributed by atoms with Crippen molar-refractivity contribution in [1.29, 1.82) is 5.26 Å². The largest absolute Gasteiger partial charge is 0.398 e. The van der Waals surface area contributed by atoms with E-state index in [1.54, 1.807) is 36.4 Å². The number of carbonyl (C=O) groups is 1. The van der Waals surface area contributed by atoms with E-state index in [9.17, 15) is 4.79 Å². The van der Waals surface area contributed by atoms with Crippen LogP contribution in [0.4, 0.5) is 11.4 Å². The zero-order chi connectivity index (χ0) is 13.8. The standard InChI is InChI=1S/C15H13N3O/c1-10-5-6-13(14(17)7-10)15(19)18-12-4-2-3-11(8-12)9-16/h2-8H,17H2,1H3,(H,18,19). The zero-order valence-electron chi connectivity index (χ0n) is 10.5. The van der Waals surface area contributed by atoms with Crippen LogP contribution in [0.2, 0.25) is 0 Å². The van der Waals surface area contributed by atoms with E-state index < -0.39 is 0 Å². The van der Waals surface area contributed by atoms with Crippen molar-refractivity contribution in [2.75, 3.05) is 11.1 Å². The fraction of sp³-hybridized carbons (Fsp3) is 0.0667. The van der Waals surface area contributed by atoms with Crippen molar-refractivity contribution in [3.05, 3.63) is 59.2 Å². The van der Waals surface area contributed by atoms with Crippen LogP contribution in [0.1, 0.15) is 21.5 Å².